The summed E-state index contributed by atoms with van der Waals surface area (Å²) in [6.07, 6.45) is 8.66. The summed E-state index contributed by atoms with van der Waals surface area (Å²) >= 11 is 2.17. The molecular formula is C14H27NS. The zero-order chi connectivity index (χ0) is 11.4. The Balaban J connectivity index is 1.63. The van der Waals surface area contributed by atoms with Crippen LogP contribution in [0.1, 0.15) is 52.4 Å². The highest BCUT2D eigenvalue weighted by atomic mass is 32.2. The number of rotatable bonds is 4. The summed E-state index contributed by atoms with van der Waals surface area (Å²) in [5, 5.41) is 3.74. The van der Waals surface area contributed by atoms with Crippen LogP contribution in [-0.4, -0.2) is 23.6 Å². The van der Waals surface area contributed by atoms with E-state index in [0.717, 1.165) is 11.8 Å². The van der Waals surface area contributed by atoms with E-state index in [-0.39, 0.29) is 0 Å². The Hall–Kier alpha value is 0.310. The maximum absolute atomic E-state index is 3.74. The van der Waals surface area contributed by atoms with E-state index in [1.165, 1.54) is 57.4 Å². The molecule has 3 atom stereocenters. The molecule has 1 aliphatic carbocycles. The van der Waals surface area contributed by atoms with Gasteiger partial charge in [-0.1, -0.05) is 19.8 Å². The van der Waals surface area contributed by atoms with Crippen molar-refractivity contribution in [3.05, 3.63) is 0 Å². The van der Waals surface area contributed by atoms with E-state index in [1.54, 1.807) is 0 Å². The predicted molar refractivity (Wildman–Crippen MR) is 74.1 cm³/mol. The van der Waals surface area contributed by atoms with Crippen LogP contribution in [0.25, 0.3) is 0 Å². The molecule has 1 N–H and O–H groups in total. The van der Waals surface area contributed by atoms with Gasteiger partial charge in [0.15, 0.2) is 0 Å². The van der Waals surface area contributed by atoms with Gasteiger partial charge in [-0.3, -0.25) is 0 Å². The fourth-order valence-corrected chi connectivity index (χ4v) is 4.54. The Morgan fingerprint density at radius 1 is 1.31 bits per heavy atom. The summed E-state index contributed by atoms with van der Waals surface area (Å²) in [6, 6.07) is 0. The van der Waals surface area contributed by atoms with E-state index >= 15 is 0 Å². The molecule has 1 heterocycles. The molecule has 0 aromatic carbocycles. The number of hydrogen-bond acceptors (Lipinski definition) is 2. The van der Waals surface area contributed by atoms with Crippen LogP contribution in [0.3, 0.4) is 0 Å². The molecule has 16 heavy (non-hydrogen) atoms. The Bertz CT molecular complexity index is 211. The molecule has 94 valence electrons. The van der Waals surface area contributed by atoms with E-state index in [2.05, 4.69) is 30.9 Å². The molecule has 1 saturated carbocycles. The lowest BCUT2D eigenvalue weighted by Gasteiger charge is -2.29. The fraction of sp³-hybridized carbons (Fsp3) is 1.00. The number of thioether (sulfide) groups is 1. The van der Waals surface area contributed by atoms with Gasteiger partial charge in [-0.25, -0.2) is 0 Å². The standard InChI is InChI=1S/C14H27NS/c1-12-5-3-6-13(9-12)10-15-11-14(2)7-4-8-16-14/h12-13,15H,3-11H2,1-2H3. The van der Waals surface area contributed by atoms with Crippen molar-refractivity contribution < 1.29 is 0 Å². The average Bonchev–Trinajstić information content (AvgIpc) is 2.65. The van der Waals surface area contributed by atoms with E-state index in [0.29, 0.717) is 4.75 Å². The largest absolute Gasteiger partial charge is 0.315 e. The summed E-state index contributed by atoms with van der Waals surface area (Å²) in [4.78, 5) is 0. The summed E-state index contributed by atoms with van der Waals surface area (Å²) < 4.78 is 0.542. The van der Waals surface area contributed by atoms with Gasteiger partial charge in [0.2, 0.25) is 0 Å². The minimum absolute atomic E-state index is 0.542. The Kier molecular flexibility index (Phi) is 4.60. The van der Waals surface area contributed by atoms with E-state index in [4.69, 9.17) is 0 Å². The van der Waals surface area contributed by atoms with Crippen molar-refractivity contribution in [1.82, 2.24) is 5.32 Å². The highest BCUT2D eigenvalue weighted by molar-refractivity contribution is 8.00. The zero-order valence-corrected chi connectivity index (χ0v) is 11.7. The van der Waals surface area contributed by atoms with Crippen molar-refractivity contribution in [2.45, 2.75) is 57.1 Å². The van der Waals surface area contributed by atoms with E-state index < -0.39 is 0 Å². The van der Waals surface area contributed by atoms with Crippen LogP contribution < -0.4 is 5.32 Å². The monoisotopic (exact) mass is 241 g/mol. The van der Waals surface area contributed by atoms with E-state index in [9.17, 15) is 0 Å². The van der Waals surface area contributed by atoms with Crippen LogP contribution in [0, 0.1) is 11.8 Å². The second-order valence-corrected chi connectivity index (χ2v) is 7.85. The second-order valence-electron chi connectivity index (χ2n) is 6.17. The van der Waals surface area contributed by atoms with Crippen molar-refractivity contribution in [1.29, 1.82) is 0 Å². The highest BCUT2D eigenvalue weighted by Crippen LogP contribution is 2.37. The molecule has 0 aromatic rings. The lowest BCUT2D eigenvalue weighted by Crippen LogP contribution is -2.36. The summed E-state index contributed by atoms with van der Waals surface area (Å²) in [6.45, 7) is 7.34. The lowest BCUT2D eigenvalue weighted by molar-refractivity contribution is 0.272. The van der Waals surface area contributed by atoms with Gasteiger partial charge in [-0.2, -0.15) is 11.8 Å². The molecule has 1 nitrogen and oxygen atoms in total. The smallest absolute Gasteiger partial charge is 0.0256 e. The number of nitrogens with one attached hydrogen (secondary N) is 1. The average molecular weight is 241 g/mol. The maximum Gasteiger partial charge on any atom is 0.0256 e. The first-order valence-electron chi connectivity index (χ1n) is 7.03. The Morgan fingerprint density at radius 3 is 2.88 bits per heavy atom. The highest BCUT2D eigenvalue weighted by Gasteiger charge is 2.29. The maximum atomic E-state index is 3.74. The molecule has 2 heteroatoms. The molecular weight excluding hydrogens is 214 g/mol. The molecule has 0 amide bonds. The Labute approximate surface area is 105 Å². The van der Waals surface area contributed by atoms with Gasteiger partial charge in [-0.05, 0) is 56.7 Å². The molecule has 0 bridgehead atoms. The van der Waals surface area contributed by atoms with Crippen LogP contribution in [0.5, 0.6) is 0 Å². The van der Waals surface area contributed by atoms with Gasteiger partial charge < -0.3 is 5.32 Å². The van der Waals surface area contributed by atoms with Gasteiger partial charge in [0.05, 0.1) is 0 Å². The van der Waals surface area contributed by atoms with Gasteiger partial charge >= 0.3 is 0 Å². The molecule has 0 spiro atoms. The molecule has 0 radical (unpaired) electrons. The molecule has 2 rings (SSSR count). The fourth-order valence-electron chi connectivity index (χ4n) is 3.26. The normalized spacial score (nSPS) is 40.1. The second kappa shape index (κ2) is 5.77. The molecule has 2 fully saturated rings. The first kappa shape index (κ1) is 12.8. The molecule has 2 aliphatic rings. The van der Waals surface area contributed by atoms with Gasteiger partial charge in [0.1, 0.15) is 0 Å². The third-order valence-corrected chi connectivity index (χ3v) is 5.82. The SMILES string of the molecule is CC1CCCC(CNCC2(C)CCCS2)C1. The summed E-state index contributed by atoms with van der Waals surface area (Å²) in [7, 11) is 0. The lowest BCUT2D eigenvalue weighted by atomic mass is 9.82. The van der Waals surface area contributed by atoms with Crippen LogP contribution >= 0.6 is 11.8 Å². The van der Waals surface area contributed by atoms with Gasteiger partial charge in [0.25, 0.3) is 0 Å². The van der Waals surface area contributed by atoms with Crippen molar-refractivity contribution in [3.63, 3.8) is 0 Å². The minimum atomic E-state index is 0.542. The molecule has 3 unspecified atom stereocenters. The first-order valence-corrected chi connectivity index (χ1v) is 8.01. The van der Waals surface area contributed by atoms with Crippen molar-refractivity contribution >= 4 is 11.8 Å². The third kappa shape index (κ3) is 3.66. The molecule has 1 aliphatic heterocycles. The van der Waals surface area contributed by atoms with Crippen molar-refractivity contribution in [2.75, 3.05) is 18.8 Å². The number of hydrogen-bond donors (Lipinski definition) is 1. The first-order chi connectivity index (χ1) is 7.68. The van der Waals surface area contributed by atoms with Crippen LogP contribution in [0.4, 0.5) is 0 Å². The van der Waals surface area contributed by atoms with Gasteiger partial charge in [-0.15, -0.1) is 0 Å². The molecule has 1 saturated heterocycles. The van der Waals surface area contributed by atoms with E-state index in [1.807, 2.05) is 0 Å². The summed E-state index contributed by atoms with van der Waals surface area (Å²) in [5.41, 5.74) is 0. The third-order valence-electron chi connectivity index (χ3n) is 4.28. The van der Waals surface area contributed by atoms with Crippen LogP contribution in [0.2, 0.25) is 0 Å². The van der Waals surface area contributed by atoms with Crippen molar-refractivity contribution in [3.8, 4) is 0 Å². The quantitative estimate of drug-likeness (QED) is 0.805. The van der Waals surface area contributed by atoms with Crippen molar-refractivity contribution in [2.24, 2.45) is 11.8 Å². The van der Waals surface area contributed by atoms with Crippen LogP contribution in [0.15, 0.2) is 0 Å². The zero-order valence-electron chi connectivity index (χ0n) is 10.9. The Morgan fingerprint density at radius 2 is 2.19 bits per heavy atom. The predicted octanol–water partition coefficient (Wildman–Crippen LogP) is 3.69. The topological polar surface area (TPSA) is 12.0 Å². The summed E-state index contributed by atoms with van der Waals surface area (Å²) in [5.74, 6) is 3.30. The molecule has 0 aromatic heterocycles. The van der Waals surface area contributed by atoms with Crippen LogP contribution in [-0.2, 0) is 0 Å². The minimum Gasteiger partial charge on any atom is -0.315 e. The van der Waals surface area contributed by atoms with Gasteiger partial charge in [0, 0.05) is 11.3 Å².